The van der Waals surface area contributed by atoms with E-state index in [2.05, 4.69) is 40.8 Å². The van der Waals surface area contributed by atoms with E-state index in [0.29, 0.717) is 13.1 Å². The van der Waals surface area contributed by atoms with Crippen LogP contribution < -0.4 is 16.4 Å². The predicted octanol–water partition coefficient (Wildman–Crippen LogP) is -0.657. The molecule has 0 radical (unpaired) electrons. The lowest BCUT2D eigenvalue weighted by atomic mass is 10.6. The molecule has 0 atom stereocenters. The maximum absolute atomic E-state index is 10.3. The summed E-state index contributed by atoms with van der Waals surface area (Å²) in [6, 6.07) is 0. The van der Waals surface area contributed by atoms with Gasteiger partial charge >= 0.3 is 0 Å². The maximum Gasteiger partial charge on any atom is 0.254 e. The van der Waals surface area contributed by atoms with E-state index in [-0.39, 0.29) is 11.1 Å². The molecule has 0 aromatic carbocycles. The summed E-state index contributed by atoms with van der Waals surface area (Å²) in [6.45, 7) is 2.35. The van der Waals surface area contributed by atoms with Gasteiger partial charge in [0, 0.05) is 20.0 Å². The molecule has 0 unspecified atom stereocenters. The van der Waals surface area contributed by atoms with E-state index in [1.54, 1.807) is 0 Å². The van der Waals surface area contributed by atoms with Crippen LogP contribution in [-0.4, -0.2) is 39.6 Å². The average Bonchev–Trinajstić information content (AvgIpc) is 1.96. The summed E-state index contributed by atoms with van der Waals surface area (Å²) in [6.07, 6.45) is 0. The number of nitrogens with two attached hydrogens (primary N) is 1. The van der Waals surface area contributed by atoms with Crippen LogP contribution in [0.4, 0.5) is 0 Å². The summed E-state index contributed by atoms with van der Waals surface area (Å²) in [7, 11) is 0. The Hall–Kier alpha value is -1.15. The largest absolute Gasteiger partial charge is 0.487 e. The van der Waals surface area contributed by atoms with Crippen molar-refractivity contribution in [1.82, 2.24) is 10.6 Å². The number of hydrogen-bond acceptors (Lipinski definition) is 3. The van der Waals surface area contributed by atoms with Gasteiger partial charge in [0.05, 0.1) is 0 Å². The van der Waals surface area contributed by atoms with Crippen LogP contribution >= 0.6 is 24.4 Å². The first kappa shape index (κ1) is 15.3. The third-order valence-electron chi connectivity index (χ3n) is 0.775. The summed E-state index contributed by atoms with van der Waals surface area (Å²) in [5.41, 5.74) is 4.40. The Morgan fingerprint density at radius 1 is 1.29 bits per heavy atom. The van der Waals surface area contributed by atoms with Crippen LogP contribution in [0.1, 0.15) is 6.92 Å². The Morgan fingerprint density at radius 3 is 1.93 bits per heavy atom. The van der Waals surface area contributed by atoms with Gasteiger partial charge in [-0.2, -0.15) is 0 Å². The molecule has 0 aliphatic rings. The van der Waals surface area contributed by atoms with Crippen molar-refractivity contribution >= 4 is 40.7 Å². The molecule has 0 rings (SSSR count). The molecule has 0 saturated heterocycles. The quantitative estimate of drug-likeness (QED) is 0.329. The fourth-order valence-electron chi connectivity index (χ4n) is 0.408. The summed E-state index contributed by atoms with van der Waals surface area (Å²) < 4.78 is 0. The summed E-state index contributed by atoms with van der Waals surface area (Å²) >= 11 is 8.18. The molecule has 0 aliphatic carbocycles. The fourth-order valence-corrected chi connectivity index (χ4v) is 0.510. The monoisotopic (exact) mass is 239 g/mol. The van der Waals surface area contributed by atoms with Crippen LogP contribution in [0.3, 0.4) is 0 Å². The molecule has 0 bridgehead atoms. The second-order valence-corrected chi connectivity index (χ2v) is 2.86. The molecule has 6 nitrogen and oxygen atoms in total. The number of rotatable bonds is 3. The molecule has 0 spiro atoms. The first-order valence-corrected chi connectivity index (χ1v) is 4.37. The minimum Gasteiger partial charge on any atom is -0.487 e. The predicted molar refractivity (Wildman–Crippen MR) is 61.3 cm³/mol. The number of aliphatic hydroxyl groups is 2. The number of amides is 1. The van der Waals surface area contributed by atoms with Crippen LogP contribution in [0.15, 0.2) is 0 Å². The Labute approximate surface area is 92.5 Å². The van der Waals surface area contributed by atoms with Crippen molar-refractivity contribution in [3.63, 3.8) is 0 Å². The number of hydrogen-bond donors (Lipinski definition) is 5. The molecule has 0 aromatic heterocycles. The van der Waals surface area contributed by atoms with Gasteiger partial charge in [-0.25, -0.2) is 0 Å². The molecular formula is C6H13N3O3S2. The fraction of sp³-hybridized carbons (Fsp3) is 0.500. The zero-order valence-corrected chi connectivity index (χ0v) is 9.24. The number of thiocarbonyl (C=S) groups is 2. The molecule has 0 heterocycles. The van der Waals surface area contributed by atoms with Crippen molar-refractivity contribution in [1.29, 1.82) is 0 Å². The Morgan fingerprint density at radius 2 is 1.64 bits per heavy atom. The Kier molecular flexibility index (Phi) is 10.9. The summed E-state index contributed by atoms with van der Waals surface area (Å²) in [5, 5.41) is 20.2. The first-order chi connectivity index (χ1) is 6.36. The van der Waals surface area contributed by atoms with Crippen molar-refractivity contribution in [2.75, 3.05) is 13.1 Å². The lowest BCUT2D eigenvalue weighted by Gasteiger charge is -2.01. The molecule has 0 fully saturated rings. The highest BCUT2D eigenvalue weighted by atomic mass is 32.1. The number of carbonyl (C=O) groups excluding carboxylic acids is 1. The van der Waals surface area contributed by atoms with Crippen LogP contribution in [0, 0.1) is 0 Å². The highest BCUT2D eigenvalue weighted by Gasteiger charge is 1.90. The topological polar surface area (TPSA) is 108 Å². The normalized spacial score (nSPS) is 7.79. The van der Waals surface area contributed by atoms with E-state index < -0.39 is 5.17 Å². The summed E-state index contributed by atoms with van der Waals surface area (Å²) in [4.78, 5) is 10.3. The van der Waals surface area contributed by atoms with Gasteiger partial charge in [-0.1, -0.05) is 0 Å². The van der Waals surface area contributed by atoms with Gasteiger partial charge in [-0.15, -0.1) is 0 Å². The molecule has 0 saturated carbocycles. The molecule has 1 amide bonds. The van der Waals surface area contributed by atoms with Crippen LogP contribution in [0.5, 0.6) is 0 Å². The third kappa shape index (κ3) is 30.8. The molecule has 0 aromatic rings. The minimum absolute atomic E-state index is 0.0920. The number of carbonyl (C=O) groups is 1. The average molecular weight is 239 g/mol. The van der Waals surface area contributed by atoms with Gasteiger partial charge < -0.3 is 26.6 Å². The van der Waals surface area contributed by atoms with Gasteiger partial charge in [-0.05, 0) is 24.4 Å². The van der Waals surface area contributed by atoms with Crippen molar-refractivity contribution in [2.24, 2.45) is 5.73 Å². The van der Waals surface area contributed by atoms with Crippen molar-refractivity contribution in [2.45, 2.75) is 6.92 Å². The van der Waals surface area contributed by atoms with E-state index in [9.17, 15) is 4.79 Å². The molecule has 82 valence electrons. The lowest BCUT2D eigenvalue weighted by Crippen LogP contribution is -2.32. The molecular weight excluding hydrogens is 226 g/mol. The molecule has 0 aliphatic heterocycles. The lowest BCUT2D eigenvalue weighted by molar-refractivity contribution is -0.118. The van der Waals surface area contributed by atoms with Crippen LogP contribution in [0.2, 0.25) is 0 Å². The van der Waals surface area contributed by atoms with Gasteiger partial charge in [0.2, 0.25) is 5.91 Å². The second-order valence-electron chi connectivity index (χ2n) is 2.05. The van der Waals surface area contributed by atoms with Crippen LogP contribution in [-0.2, 0) is 4.79 Å². The van der Waals surface area contributed by atoms with Gasteiger partial charge in [0.1, 0.15) is 0 Å². The van der Waals surface area contributed by atoms with E-state index in [4.69, 9.17) is 10.2 Å². The molecule has 8 heteroatoms. The van der Waals surface area contributed by atoms with Crippen molar-refractivity contribution in [3.05, 3.63) is 0 Å². The van der Waals surface area contributed by atoms with Crippen LogP contribution in [0.25, 0.3) is 0 Å². The standard InChI is InChI=1S/C5H10N2O2S.CH3NOS/c1-4(8)6-2-3-7-5(9)10;2-1(3)4/h2-3H2,1H3,(H,6,8)(H2,7,9,10);(H3,2,3,4). The van der Waals surface area contributed by atoms with Gasteiger partial charge in [0.25, 0.3) is 10.3 Å². The smallest absolute Gasteiger partial charge is 0.254 e. The minimum atomic E-state index is -0.500. The summed E-state index contributed by atoms with van der Waals surface area (Å²) in [5.74, 6) is -0.0920. The van der Waals surface area contributed by atoms with Crippen molar-refractivity contribution < 1.29 is 15.0 Å². The zero-order valence-electron chi connectivity index (χ0n) is 7.61. The SMILES string of the molecule is CC(=O)NCCNC(O)=S.NC(O)=S. The highest BCUT2D eigenvalue weighted by molar-refractivity contribution is 7.80. The van der Waals surface area contributed by atoms with Crippen molar-refractivity contribution in [3.8, 4) is 0 Å². The third-order valence-corrected chi connectivity index (χ3v) is 0.920. The molecule has 14 heavy (non-hydrogen) atoms. The Bertz CT molecular complexity index is 190. The van der Waals surface area contributed by atoms with E-state index in [1.807, 2.05) is 0 Å². The highest BCUT2D eigenvalue weighted by Crippen LogP contribution is 1.63. The molecule has 6 N–H and O–H groups in total. The van der Waals surface area contributed by atoms with Gasteiger partial charge in [0.15, 0.2) is 0 Å². The zero-order chi connectivity index (χ0) is 11.6. The van der Waals surface area contributed by atoms with E-state index in [1.165, 1.54) is 6.92 Å². The number of aliphatic hydroxyl groups excluding tert-OH is 2. The Balaban J connectivity index is 0. The maximum atomic E-state index is 10.3. The first-order valence-electron chi connectivity index (χ1n) is 3.56. The van der Waals surface area contributed by atoms with E-state index in [0.717, 1.165) is 0 Å². The van der Waals surface area contributed by atoms with Gasteiger partial charge in [-0.3, -0.25) is 4.79 Å². The second kappa shape index (κ2) is 9.93. The van der Waals surface area contributed by atoms with E-state index >= 15 is 0 Å². The number of nitrogens with one attached hydrogen (secondary N) is 2.